The highest BCUT2D eigenvalue weighted by molar-refractivity contribution is 5.24. The molecule has 1 aromatic carbocycles. The third-order valence-corrected chi connectivity index (χ3v) is 3.34. The molecule has 0 spiro atoms. The summed E-state index contributed by atoms with van der Waals surface area (Å²) in [5, 5.41) is 3.54. The summed E-state index contributed by atoms with van der Waals surface area (Å²) >= 11 is 0. The summed E-state index contributed by atoms with van der Waals surface area (Å²) in [6.45, 7) is 8.50. The molecule has 0 aliphatic carbocycles. The highest BCUT2D eigenvalue weighted by Crippen LogP contribution is 2.14. The van der Waals surface area contributed by atoms with Crippen LogP contribution in [0.2, 0.25) is 0 Å². The van der Waals surface area contributed by atoms with Gasteiger partial charge in [0.1, 0.15) is 0 Å². The second-order valence-corrected chi connectivity index (χ2v) is 5.44. The van der Waals surface area contributed by atoms with Crippen molar-refractivity contribution in [1.82, 2.24) is 14.9 Å². The molecule has 2 aromatic rings. The predicted molar refractivity (Wildman–Crippen MR) is 79.1 cm³/mol. The van der Waals surface area contributed by atoms with Crippen molar-refractivity contribution in [2.75, 3.05) is 0 Å². The van der Waals surface area contributed by atoms with Crippen LogP contribution in [0, 0.1) is 0 Å². The van der Waals surface area contributed by atoms with Gasteiger partial charge in [0, 0.05) is 31.5 Å². The highest BCUT2D eigenvalue weighted by atomic mass is 15.1. The van der Waals surface area contributed by atoms with Crippen molar-refractivity contribution in [3.05, 3.63) is 54.1 Å². The topological polar surface area (TPSA) is 29.9 Å². The number of nitrogens with zero attached hydrogens (tertiary/aromatic N) is 2. The molecule has 102 valence electrons. The summed E-state index contributed by atoms with van der Waals surface area (Å²) in [4.78, 5) is 4.05. The Labute approximate surface area is 115 Å². The third kappa shape index (κ3) is 4.21. The molecule has 0 bridgehead atoms. The minimum absolute atomic E-state index is 0.430. The zero-order valence-electron chi connectivity index (χ0n) is 12.0. The van der Waals surface area contributed by atoms with Crippen LogP contribution in [0.3, 0.4) is 0 Å². The lowest BCUT2D eigenvalue weighted by atomic mass is 10.0. The molecule has 1 unspecified atom stereocenters. The number of aromatic nitrogens is 2. The lowest BCUT2D eigenvalue weighted by molar-refractivity contribution is 0.476. The van der Waals surface area contributed by atoms with Crippen molar-refractivity contribution in [2.45, 2.75) is 45.8 Å². The van der Waals surface area contributed by atoms with Crippen molar-refractivity contribution < 1.29 is 0 Å². The number of rotatable bonds is 6. The predicted octanol–water partition coefficient (Wildman–Crippen LogP) is 3.18. The Morgan fingerprint density at radius 3 is 2.47 bits per heavy atom. The van der Waals surface area contributed by atoms with E-state index in [9.17, 15) is 0 Å². The van der Waals surface area contributed by atoms with Crippen LogP contribution in [0.15, 0.2) is 43.0 Å². The second-order valence-electron chi connectivity index (χ2n) is 5.44. The molecule has 0 aliphatic rings. The summed E-state index contributed by atoms with van der Waals surface area (Å²) in [7, 11) is 0. The van der Waals surface area contributed by atoms with Gasteiger partial charge in [-0.3, -0.25) is 0 Å². The molecule has 1 aromatic heterocycles. The van der Waals surface area contributed by atoms with Crippen molar-refractivity contribution in [2.24, 2.45) is 0 Å². The summed E-state index contributed by atoms with van der Waals surface area (Å²) in [6.07, 6.45) is 5.67. The van der Waals surface area contributed by atoms with E-state index in [1.165, 1.54) is 11.1 Å². The SMILES string of the molecule is CC(Cn1ccnc1)NCc1ccc(C(C)C)cc1. The van der Waals surface area contributed by atoms with Gasteiger partial charge >= 0.3 is 0 Å². The Balaban J connectivity index is 1.81. The molecule has 0 saturated heterocycles. The van der Waals surface area contributed by atoms with Gasteiger partial charge in [0.2, 0.25) is 0 Å². The van der Waals surface area contributed by atoms with E-state index >= 15 is 0 Å². The maximum Gasteiger partial charge on any atom is 0.0946 e. The molecule has 0 aliphatic heterocycles. The van der Waals surface area contributed by atoms with E-state index in [1.54, 1.807) is 0 Å². The molecule has 1 heterocycles. The normalized spacial score (nSPS) is 12.8. The van der Waals surface area contributed by atoms with E-state index in [-0.39, 0.29) is 0 Å². The van der Waals surface area contributed by atoms with Crippen molar-refractivity contribution >= 4 is 0 Å². The first kappa shape index (κ1) is 13.8. The Kier molecular flexibility index (Phi) is 4.74. The first-order valence-corrected chi connectivity index (χ1v) is 6.93. The van der Waals surface area contributed by atoms with Crippen LogP contribution in [-0.2, 0) is 13.1 Å². The molecule has 1 atom stereocenters. The highest BCUT2D eigenvalue weighted by Gasteiger charge is 2.03. The first-order valence-electron chi connectivity index (χ1n) is 6.93. The van der Waals surface area contributed by atoms with Crippen LogP contribution in [0.25, 0.3) is 0 Å². The lowest BCUT2D eigenvalue weighted by Crippen LogP contribution is -2.29. The minimum atomic E-state index is 0.430. The summed E-state index contributed by atoms with van der Waals surface area (Å²) in [5.41, 5.74) is 2.73. The van der Waals surface area contributed by atoms with E-state index in [0.29, 0.717) is 12.0 Å². The van der Waals surface area contributed by atoms with Gasteiger partial charge in [-0.2, -0.15) is 0 Å². The molecule has 0 radical (unpaired) electrons. The Morgan fingerprint density at radius 1 is 1.16 bits per heavy atom. The Morgan fingerprint density at radius 2 is 1.89 bits per heavy atom. The van der Waals surface area contributed by atoms with Crippen molar-refractivity contribution in [3.63, 3.8) is 0 Å². The fourth-order valence-corrected chi connectivity index (χ4v) is 2.09. The molecular weight excluding hydrogens is 234 g/mol. The average molecular weight is 257 g/mol. The quantitative estimate of drug-likeness (QED) is 0.861. The summed E-state index contributed by atoms with van der Waals surface area (Å²) < 4.78 is 2.10. The number of benzene rings is 1. The number of imidazole rings is 1. The van der Waals surface area contributed by atoms with E-state index in [4.69, 9.17) is 0 Å². The number of nitrogens with one attached hydrogen (secondary N) is 1. The average Bonchev–Trinajstić information content (AvgIpc) is 2.89. The minimum Gasteiger partial charge on any atom is -0.336 e. The van der Waals surface area contributed by atoms with Gasteiger partial charge in [-0.1, -0.05) is 38.1 Å². The number of hydrogen-bond acceptors (Lipinski definition) is 2. The Hall–Kier alpha value is -1.61. The zero-order chi connectivity index (χ0) is 13.7. The fourth-order valence-electron chi connectivity index (χ4n) is 2.09. The molecule has 2 rings (SSSR count). The van der Waals surface area contributed by atoms with Gasteiger partial charge < -0.3 is 9.88 Å². The fraction of sp³-hybridized carbons (Fsp3) is 0.438. The molecule has 3 heteroatoms. The summed E-state index contributed by atoms with van der Waals surface area (Å²) in [5.74, 6) is 0.599. The lowest BCUT2D eigenvalue weighted by Gasteiger charge is -2.15. The van der Waals surface area contributed by atoms with Crippen LogP contribution in [0.4, 0.5) is 0 Å². The molecule has 19 heavy (non-hydrogen) atoms. The maximum absolute atomic E-state index is 4.05. The monoisotopic (exact) mass is 257 g/mol. The molecule has 0 fully saturated rings. The summed E-state index contributed by atoms with van der Waals surface area (Å²) in [6, 6.07) is 9.31. The molecular formula is C16H23N3. The van der Waals surface area contributed by atoms with Gasteiger partial charge in [0.15, 0.2) is 0 Å². The van der Waals surface area contributed by atoms with Crippen LogP contribution in [0.1, 0.15) is 37.8 Å². The van der Waals surface area contributed by atoms with E-state index < -0.39 is 0 Å². The van der Waals surface area contributed by atoms with Crippen molar-refractivity contribution in [3.8, 4) is 0 Å². The Bertz CT molecular complexity index is 471. The van der Waals surface area contributed by atoms with Gasteiger partial charge in [0.25, 0.3) is 0 Å². The standard InChI is InChI=1S/C16H23N3/c1-13(2)16-6-4-15(5-7-16)10-18-14(3)11-19-9-8-17-12-19/h4-9,12-14,18H,10-11H2,1-3H3. The first-order chi connectivity index (χ1) is 9.15. The molecule has 0 amide bonds. The smallest absolute Gasteiger partial charge is 0.0946 e. The third-order valence-electron chi connectivity index (χ3n) is 3.34. The van der Waals surface area contributed by atoms with Gasteiger partial charge in [-0.05, 0) is 24.0 Å². The largest absolute Gasteiger partial charge is 0.336 e. The molecule has 3 nitrogen and oxygen atoms in total. The van der Waals surface area contributed by atoms with Crippen LogP contribution < -0.4 is 5.32 Å². The maximum atomic E-state index is 4.05. The van der Waals surface area contributed by atoms with Crippen LogP contribution >= 0.6 is 0 Å². The molecule has 0 saturated carbocycles. The molecule has 1 N–H and O–H groups in total. The second kappa shape index (κ2) is 6.53. The van der Waals surface area contributed by atoms with Gasteiger partial charge in [-0.25, -0.2) is 4.98 Å². The zero-order valence-corrected chi connectivity index (χ0v) is 12.0. The van der Waals surface area contributed by atoms with Crippen molar-refractivity contribution in [1.29, 1.82) is 0 Å². The van der Waals surface area contributed by atoms with E-state index in [0.717, 1.165) is 13.1 Å². The van der Waals surface area contributed by atoms with Gasteiger partial charge in [-0.15, -0.1) is 0 Å². The van der Waals surface area contributed by atoms with Crippen LogP contribution in [-0.4, -0.2) is 15.6 Å². The van der Waals surface area contributed by atoms with E-state index in [1.807, 2.05) is 18.7 Å². The van der Waals surface area contributed by atoms with Gasteiger partial charge in [0.05, 0.1) is 6.33 Å². The number of hydrogen-bond donors (Lipinski definition) is 1. The van der Waals surface area contributed by atoms with E-state index in [2.05, 4.69) is 59.9 Å². The van der Waals surface area contributed by atoms with Crippen LogP contribution in [0.5, 0.6) is 0 Å².